The lowest BCUT2D eigenvalue weighted by molar-refractivity contribution is -0.131. The lowest BCUT2D eigenvalue weighted by Gasteiger charge is -2.39. The minimum absolute atomic E-state index is 0.0357. The molecule has 3 rings (SSSR count). The van der Waals surface area contributed by atoms with Gasteiger partial charge in [-0.15, -0.1) is 0 Å². The lowest BCUT2D eigenvalue weighted by Crippen LogP contribution is -2.48. The molecule has 0 saturated carbocycles. The molecule has 148 valence electrons. The monoisotopic (exact) mass is 395 g/mol. The van der Waals surface area contributed by atoms with E-state index in [1.807, 2.05) is 17.0 Å². The summed E-state index contributed by atoms with van der Waals surface area (Å²) in [4.78, 5) is 27.2. The maximum absolute atomic E-state index is 12.2. The average molecular weight is 396 g/mol. The maximum Gasteiger partial charge on any atom is 0.325 e. The smallest absolute Gasteiger partial charge is 0.325 e. The lowest BCUT2D eigenvalue weighted by atomic mass is 9.84. The van der Waals surface area contributed by atoms with E-state index in [2.05, 4.69) is 5.32 Å². The minimum atomic E-state index is -0.934. The molecule has 2 fully saturated rings. The molecule has 2 aliphatic rings. The number of nitrogens with one attached hydrogen (secondary N) is 1. The van der Waals surface area contributed by atoms with Crippen LogP contribution in [0.1, 0.15) is 32.3 Å². The van der Waals surface area contributed by atoms with E-state index in [-0.39, 0.29) is 12.5 Å². The number of β-amino-alcohol motifs (C(OH)–C–C–N with tert-alkyl or cyclic N) is 1. The van der Waals surface area contributed by atoms with Crippen molar-refractivity contribution in [3.05, 3.63) is 34.9 Å². The molecule has 2 saturated heterocycles. The summed E-state index contributed by atoms with van der Waals surface area (Å²) in [6.45, 7) is 4.81. The predicted molar refractivity (Wildman–Crippen MR) is 101 cm³/mol. The van der Waals surface area contributed by atoms with Gasteiger partial charge in [-0.2, -0.15) is 0 Å². The molecule has 7 nitrogen and oxygen atoms in total. The second-order valence-corrected chi connectivity index (χ2v) is 8.40. The fourth-order valence-electron chi connectivity index (χ4n) is 3.70. The van der Waals surface area contributed by atoms with Crippen LogP contribution in [0.2, 0.25) is 5.02 Å². The number of carbonyl (C=O) groups is 2. The normalized spacial score (nSPS) is 23.4. The SMILES string of the molecule is CC1(C)NC(=O)N(C[C@@H](O)CN2CCC(O)(c3ccc(Cl)cc3)CC2)C1=O. The first-order chi connectivity index (χ1) is 12.6. The van der Waals surface area contributed by atoms with E-state index in [0.29, 0.717) is 37.5 Å². The third-order valence-electron chi connectivity index (χ3n) is 5.37. The van der Waals surface area contributed by atoms with E-state index < -0.39 is 23.3 Å². The topological polar surface area (TPSA) is 93.1 Å². The number of hydrogen-bond acceptors (Lipinski definition) is 5. The van der Waals surface area contributed by atoms with Gasteiger partial charge in [0.25, 0.3) is 5.91 Å². The van der Waals surface area contributed by atoms with Crippen LogP contribution < -0.4 is 5.32 Å². The summed E-state index contributed by atoms with van der Waals surface area (Å²) in [6.07, 6.45) is 0.241. The maximum atomic E-state index is 12.2. The van der Waals surface area contributed by atoms with Crippen molar-refractivity contribution in [1.29, 1.82) is 0 Å². The number of aliphatic hydroxyl groups excluding tert-OH is 1. The van der Waals surface area contributed by atoms with Gasteiger partial charge in [0, 0.05) is 24.7 Å². The Kier molecular flexibility index (Phi) is 5.49. The van der Waals surface area contributed by atoms with Gasteiger partial charge in [0.15, 0.2) is 0 Å². The number of rotatable bonds is 5. The highest BCUT2D eigenvalue weighted by Crippen LogP contribution is 2.33. The molecule has 0 aromatic heterocycles. The van der Waals surface area contributed by atoms with Crippen molar-refractivity contribution in [2.24, 2.45) is 0 Å². The molecule has 2 aliphatic heterocycles. The Bertz CT molecular complexity index is 714. The van der Waals surface area contributed by atoms with Gasteiger partial charge in [-0.05, 0) is 44.4 Å². The van der Waals surface area contributed by atoms with Crippen LogP contribution in [0.3, 0.4) is 0 Å². The van der Waals surface area contributed by atoms with Gasteiger partial charge >= 0.3 is 6.03 Å². The van der Waals surface area contributed by atoms with Gasteiger partial charge in [0.05, 0.1) is 18.2 Å². The summed E-state index contributed by atoms with van der Waals surface area (Å²) in [7, 11) is 0. The number of imide groups is 1. The minimum Gasteiger partial charge on any atom is -0.390 e. The van der Waals surface area contributed by atoms with E-state index in [0.717, 1.165) is 10.5 Å². The zero-order chi connectivity index (χ0) is 19.8. The molecule has 0 spiro atoms. The molecule has 0 unspecified atom stereocenters. The van der Waals surface area contributed by atoms with Crippen molar-refractivity contribution < 1.29 is 19.8 Å². The largest absolute Gasteiger partial charge is 0.390 e. The van der Waals surface area contributed by atoms with Crippen LogP contribution in [-0.4, -0.2) is 69.8 Å². The summed E-state index contributed by atoms with van der Waals surface area (Å²) < 4.78 is 0. The molecule has 3 N–H and O–H groups in total. The number of nitrogens with zero attached hydrogens (tertiary/aromatic N) is 2. The highest BCUT2D eigenvalue weighted by atomic mass is 35.5. The first kappa shape index (κ1) is 20.1. The molecule has 0 aliphatic carbocycles. The fraction of sp³-hybridized carbons (Fsp3) is 0.579. The molecule has 1 aromatic carbocycles. The van der Waals surface area contributed by atoms with Gasteiger partial charge < -0.3 is 20.4 Å². The van der Waals surface area contributed by atoms with E-state index in [4.69, 9.17) is 11.6 Å². The Labute approximate surface area is 163 Å². The van der Waals surface area contributed by atoms with Crippen LogP contribution in [0.5, 0.6) is 0 Å². The van der Waals surface area contributed by atoms with Gasteiger partial charge in [-0.1, -0.05) is 23.7 Å². The number of carbonyl (C=O) groups excluding carboxylic acids is 2. The second kappa shape index (κ2) is 7.39. The Hall–Kier alpha value is -1.67. The second-order valence-electron chi connectivity index (χ2n) is 7.96. The van der Waals surface area contributed by atoms with Gasteiger partial charge in [-0.25, -0.2) is 4.79 Å². The van der Waals surface area contributed by atoms with E-state index in [1.54, 1.807) is 26.0 Å². The van der Waals surface area contributed by atoms with Crippen molar-refractivity contribution in [3.63, 3.8) is 0 Å². The molecule has 8 heteroatoms. The Balaban J connectivity index is 1.52. The zero-order valence-electron chi connectivity index (χ0n) is 15.6. The van der Waals surface area contributed by atoms with E-state index in [1.165, 1.54) is 0 Å². The van der Waals surface area contributed by atoms with E-state index in [9.17, 15) is 19.8 Å². The average Bonchev–Trinajstić information content (AvgIpc) is 2.79. The number of aliphatic hydroxyl groups is 2. The summed E-state index contributed by atoms with van der Waals surface area (Å²) in [6, 6.07) is 6.74. The summed E-state index contributed by atoms with van der Waals surface area (Å²) in [5, 5.41) is 24.5. The molecule has 0 radical (unpaired) electrons. The van der Waals surface area contributed by atoms with Crippen LogP contribution in [0, 0.1) is 0 Å². The number of likely N-dealkylation sites (tertiary alicyclic amines) is 1. The third kappa shape index (κ3) is 4.27. The summed E-state index contributed by atoms with van der Waals surface area (Å²) in [5.41, 5.74) is -0.994. The molecule has 0 bridgehead atoms. The van der Waals surface area contributed by atoms with Gasteiger partial charge in [0.2, 0.25) is 0 Å². The van der Waals surface area contributed by atoms with Crippen LogP contribution in [0.25, 0.3) is 0 Å². The molecular weight excluding hydrogens is 370 g/mol. The zero-order valence-corrected chi connectivity index (χ0v) is 16.4. The van der Waals surface area contributed by atoms with Crippen LogP contribution in [0.15, 0.2) is 24.3 Å². The van der Waals surface area contributed by atoms with Crippen molar-refractivity contribution >= 4 is 23.5 Å². The van der Waals surface area contributed by atoms with Crippen LogP contribution in [0.4, 0.5) is 4.79 Å². The van der Waals surface area contributed by atoms with Crippen LogP contribution in [-0.2, 0) is 10.4 Å². The number of halogens is 1. The first-order valence-corrected chi connectivity index (χ1v) is 9.51. The van der Waals surface area contributed by atoms with Crippen molar-refractivity contribution in [1.82, 2.24) is 15.1 Å². The molecule has 1 aromatic rings. The van der Waals surface area contributed by atoms with E-state index >= 15 is 0 Å². The number of hydrogen-bond donors (Lipinski definition) is 3. The first-order valence-electron chi connectivity index (χ1n) is 9.14. The Morgan fingerprint density at radius 1 is 1.15 bits per heavy atom. The Morgan fingerprint density at radius 3 is 2.26 bits per heavy atom. The predicted octanol–water partition coefficient (Wildman–Crippen LogP) is 1.31. The number of piperidine rings is 1. The highest BCUT2D eigenvalue weighted by molar-refractivity contribution is 6.30. The summed E-state index contributed by atoms with van der Waals surface area (Å²) in [5.74, 6) is -0.331. The van der Waals surface area contributed by atoms with Crippen molar-refractivity contribution in [2.75, 3.05) is 26.2 Å². The van der Waals surface area contributed by atoms with Crippen LogP contribution >= 0.6 is 11.6 Å². The summed E-state index contributed by atoms with van der Waals surface area (Å²) >= 11 is 5.91. The Morgan fingerprint density at radius 2 is 1.74 bits per heavy atom. The number of amides is 3. The number of benzene rings is 1. The van der Waals surface area contributed by atoms with Crippen molar-refractivity contribution in [3.8, 4) is 0 Å². The fourth-order valence-corrected chi connectivity index (χ4v) is 3.83. The molecule has 1 atom stereocenters. The molecule has 27 heavy (non-hydrogen) atoms. The number of urea groups is 1. The molecular formula is C19H26ClN3O4. The van der Waals surface area contributed by atoms with Crippen molar-refractivity contribution in [2.45, 2.75) is 43.9 Å². The quantitative estimate of drug-likeness (QED) is 0.654. The third-order valence-corrected chi connectivity index (χ3v) is 5.62. The molecule has 2 heterocycles. The highest BCUT2D eigenvalue weighted by Gasteiger charge is 2.45. The van der Waals surface area contributed by atoms with Gasteiger partial charge in [-0.3, -0.25) is 9.69 Å². The standard InChI is InChI=1S/C19H26ClN3O4/c1-18(2)16(25)23(17(26)21-18)12-15(24)11-22-9-7-19(27,8-10-22)13-3-5-14(20)6-4-13/h3-6,15,24,27H,7-12H2,1-2H3,(H,21,26)/t15-/m0/s1. The molecule has 3 amide bonds. The van der Waals surface area contributed by atoms with Gasteiger partial charge in [0.1, 0.15) is 5.54 Å².